The van der Waals surface area contributed by atoms with Crippen LogP contribution >= 0.6 is 11.3 Å². The molecule has 3 heterocycles. The molecule has 2 aliphatic rings. The lowest BCUT2D eigenvalue weighted by atomic mass is 10.0. The first kappa shape index (κ1) is 13.6. The highest BCUT2D eigenvalue weighted by Crippen LogP contribution is 2.33. The highest BCUT2D eigenvalue weighted by molar-refractivity contribution is 7.12. The summed E-state index contributed by atoms with van der Waals surface area (Å²) < 4.78 is 0. The van der Waals surface area contributed by atoms with Crippen molar-refractivity contribution in [2.24, 2.45) is 5.73 Å². The van der Waals surface area contributed by atoms with Crippen LogP contribution in [0, 0.1) is 6.92 Å². The minimum Gasteiger partial charge on any atom is -0.329 e. The smallest absolute Gasteiger partial charge is 0.0567 e. The minimum atomic E-state index is 0.413. The summed E-state index contributed by atoms with van der Waals surface area (Å²) in [6.07, 6.45) is 2.74. The Labute approximate surface area is 120 Å². The number of nitrogens with two attached hydrogens (primary N) is 1. The molecule has 2 fully saturated rings. The number of piperazine rings is 1. The van der Waals surface area contributed by atoms with Gasteiger partial charge < -0.3 is 5.73 Å². The predicted octanol–water partition coefficient (Wildman–Crippen LogP) is 2.22. The topological polar surface area (TPSA) is 32.5 Å². The molecule has 19 heavy (non-hydrogen) atoms. The lowest BCUT2D eigenvalue weighted by molar-refractivity contribution is 0.0306. The van der Waals surface area contributed by atoms with Crippen LogP contribution in [0.2, 0.25) is 0 Å². The molecule has 0 spiro atoms. The van der Waals surface area contributed by atoms with Gasteiger partial charge in [0.2, 0.25) is 0 Å². The van der Waals surface area contributed by atoms with Crippen LogP contribution in [0.25, 0.3) is 0 Å². The Kier molecular flexibility index (Phi) is 3.94. The van der Waals surface area contributed by atoms with Crippen LogP contribution in [-0.2, 0) is 0 Å². The molecule has 106 valence electrons. The fourth-order valence-corrected chi connectivity index (χ4v) is 4.70. The second-order valence-electron chi connectivity index (χ2n) is 6.04. The second-order valence-corrected chi connectivity index (χ2v) is 7.36. The van der Waals surface area contributed by atoms with E-state index in [0.717, 1.165) is 12.6 Å². The molecule has 3 atom stereocenters. The van der Waals surface area contributed by atoms with E-state index in [0.29, 0.717) is 12.1 Å². The summed E-state index contributed by atoms with van der Waals surface area (Å²) in [5.41, 5.74) is 6.10. The first-order valence-electron chi connectivity index (χ1n) is 7.45. The van der Waals surface area contributed by atoms with E-state index in [1.165, 1.54) is 42.2 Å². The van der Waals surface area contributed by atoms with Gasteiger partial charge in [0, 0.05) is 41.5 Å². The van der Waals surface area contributed by atoms with Crippen molar-refractivity contribution >= 4 is 11.3 Å². The number of thiophene rings is 1. The van der Waals surface area contributed by atoms with E-state index in [1.54, 1.807) is 0 Å². The van der Waals surface area contributed by atoms with Crippen molar-refractivity contribution in [3.63, 3.8) is 0 Å². The molecule has 2 saturated heterocycles. The molecular weight excluding hydrogens is 254 g/mol. The van der Waals surface area contributed by atoms with Crippen molar-refractivity contribution in [3.05, 3.63) is 21.9 Å². The summed E-state index contributed by atoms with van der Waals surface area (Å²) >= 11 is 1.91. The summed E-state index contributed by atoms with van der Waals surface area (Å²) in [7, 11) is 0. The normalized spacial score (nSPS) is 30.5. The third-order valence-electron chi connectivity index (χ3n) is 4.70. The zero-order valence-electron chi connectivity index (χ0n) is 12.0. The van der Waals surface area contributed by atoms with Crippen LogP contribution in [0.3, 0.4) is 0 Å². The Bertz CT molecular complexity index is 431. The predicted molar refractivity (Wildman–Crippen MR) is 81.6 cm³/mol. The second kappa shape index (κ2) is 5.52. The molecule has 0 aromatic carbocycles. The van der Waals surface area contributed by atoms with Crippen molar-refractivity contribution in [2.45, 2.75) is 44.8 Å². The van der Waals surface area contributed by atoms with Crippen LogP contribution < -0.4 is 5.73 Å². The number of nitrogens with zero attached hydrogens (tertiary/aromatic N) is 2. The van der Waals surface area contributed by atoms with Crippen molar-refractivity contribution in [2.75, 3.05) is 26.2 Å². The summed E-state index contributed by atoms with van der Waals surface area (Å²) in [6.45, 7) is 8.98. The van der Waals surface area contributed by atoms with Crippen LogP contribution in [0.4, 0.5) is 0 Å². The largest absolute Gasteiger partial charge is 0.329 e. The third kappa shape index (κ3) is 2.59. The lowest BCUT2D eigenvalue weighted by Gasteiger charge is -2.45. The van der Waals surface area contributed by atoms with Crippen LogP contribution in [0.15, 0.2) is 12.1 Å². The van der Waals surface area contributed by atoms with Gasteiger partial charge in [-0.1, -0.05) is 0 Å². The van der Waals surface area contributed by atoms with Gasteiger partial charge in [0.1, 0.15) is 0 Å². The van der Waals surface area contributed by atoms with Crippen LogP contribution in [0.5, 0.6) is 0 Å². The number of hydrogen-bond acceptors (Lipinski definition) is 4. The van der Waals surface area contributed by atoms with E-state index in [2.05, 4.69) is 35.8 Å². The number of rotatable bonds is 3. The van der Waals surface area contributed by atoms with Gasteiger partial charge in [-0.05, 0) is 45.4 Å². The molecule has 0 bridgehead atoms. The van der Waals surface area contributed by atoms with E-state index in [1.807, 2.05) is 11.3 Å². The van der Waals surface area contributed by atoms with Gasteiger partial charge >= 0.3 is 0 Å². The van der Waals surface area contributed by atoms with Crippen molar-refractivity contribution < 1.29 is 0 Å². The molecule has 0 radical (unpaired) electrons. The zero-order valence-corrected chi connectivity index (χ0v) is 12.8. The molecule has 0 amide bonds. The maximum Gasteiger partial charge on any atom is 0.0567 e. The molecule has 4 heteroatoms. The fraction of sp³-hybridized carbons (Fsp3) is 0.733. The van der Waals surface area contributed by atoms with Gasteiger partial charge in [-0.25, -0.2) is 0 Å². The molecule has 0 saturated carbocycles. The molecule has 2 aliphatic heterocycles. The van der Waals surface area contributed by atoms with Gasteiger partial charge in [0.25, 0.3) is 0 Å². The quantitative estimate of drug-likeness (QED) is 0.921. The third-order valence-corrected chi connectivity index (χ3v) is 5.80. The molecule has 1 aromatic heterocycles. The maximum atomic E-state index is 6.10. The Morgan fingerprint density at radius 3 is 2.95 bits per heavy atom. The first-order chi connectivity index (χ1) is 9.19. The molecular formula is C15H25N3S. The van der Waals surface area contributed by atoms with Crippen molar-refractivity contribution in [1.29, 1.82) is 0 Å². The monoisotopic (exact) mass is 279 g/mol. The van der Waals surface area contributed by atoms with Gasteiger partial charge in [-0.2, -0.15) is 0 Å². The highest BCUT2D eigenvalue weighted by atomic mass is 32.1. The fourth-order valence-electron chi connectivity index (χ4n) is 3.69. The SMILES string of the molecule is Cc1ccc(C(CN)N2CC3CCCN3CC2C)s1. The Balaban J connectivity index is 1.78. The van der Waals surface area contributed by atoms with E-state index in [9.17, 15) is 0 Å². The van der Waals surface area contributed by atoms with Gasteiger partial charge in [0.05, 0.1) is 6.04 Å². The number of hydrogen-bond donors (Lipinski definition) is 1. The van der Waals surface area contributed by atoms with Gasteiger partial charge in [-0.3, -0.25) is 9.80 Å². The molecule has 1 aromatic rings. The summed E-state index contributed by atoms with van der Waals surface area (Å²) in [5.74, 6) is 0. The van der Waals surface area contributed by atoms with Gasteiger partial charge in [-0.15, -0.1) is 11.3 Å². The Hall–Kier alpha value is -0.420. The molecule has 2 N–H and O–H groups in total. The summed E-state index contributed by atoms with van der Waals surface area (Å²) in [5, 5.41) is 0. The van der Waals surface area contributed by atoms with Crippen LogP contribution in [0.1, 0.15) is 35.6 Å². The standard InChI is InChI=1S/C15H25N3S/c1-11-9-17-7-3-4-13(17)10-18(11)14(8-16)15-6-5-12(2)19-15/h5-6,11,13-14H,3-4,7-10,16H2,1-2H3. The van der Waals surface area contributed by atoms with E-state index < -0.39 is 0 Å². The maximum absolute atomic E-state index is 6.10. The zero-order chi connectivity index (χ0) is 13.4. The van der Waals surface area contributed by atoms with Crippen LogP contribution in [-0.4, -0.2) is 48.1 Å². The van der Waals surface area contributed by atoms with Crippen molar-refractivity contribution in [3.8, 4) is 0 Å². The summed E-state index contributed by atoms with van der Waals surface area (Å²) in [4.78, 5) is 8.16. The molecule has 3 rings (SSSR count). The summed E-state index contributed by atoms with van der Waals surface area (Å²) in [6, 6.07) is 6.29. The molecule has 3 unspecified atom stereocenters. The van der Waals surface area contributed by atoms with Gasteiger partial charge in [0.15, 0.2) is 0 Å². The van der Waals surface area contributed by atoms with E-state index >= 15 is 0 Å². The minimum absolute atomic E-state index is 0.413. The van der Waals surface area contributed by atoms with E-state index in [-0.39, 0.29) is 0 Å². The molecule has 3 nitrogen and oxygen atoms in total. The number of fused-ring (bicyclic) bond motifs is 1. The lowest BCUT2D eigenvalue weighted by Crippen LogP contribution is -2.56. The van der Waals surface area contributed by atoms with Crippen molar-refractivity contribution in [1.82, 2.24) is 9.80 Å². The Morgan fingerprint density at radius 1 is 1.42 bits per heavy atom. The molecule has 0 aliphatic carbocycles. The average Bonchev–Trinajstić information content (AvgIpc) is 2.99. The first-order valence-corrected chi connectivity index (χ1v) is 8.27. The average molecular weight is 279 g/mol. The number of aryl methyl sites for hydroxylation is 1. The highest BCUT2D eigenvalue weighted by Gasteiger charge is 2.37. The van der Waals surface area contributed by atoms with E-state index in [4.69, 9.17) is 5.73 Å². The Morgan fingerprint density at radius 2 is 2.26 bits per heavy atom.